The Bertz CT molecular complexity index is 712. The van der Waals surface area contributed by atoms with Gasteiger partial charge in [0.25, 0.3) is 0 Å². The number of fused-ring (bicyclic) bond motifs is 2. The maximum atomic E-state index is 4.55. The Morgan fingerprint density at radius 2 is 2.08 bits per heavy atom. The van der Waals surface area contributed by atoms with E-state index >= 15 is 0 Å². The maximum absolute atomic E-state index is 4.55. The molecule has 0 unspecified atom stereocenters. The van der Waals surface area contributed by atoms with Gasteiger partial charge in [-0.05, 0) is 37.1 Å². The van der Waals surface area contributed by atoms with Crippen molar-refractivity contribution >= 4 is 11.0 Å². The number of hydrogen-bond acceptors (Lipinski definition) is 3. The number of nitrogens with zero attached hydrogens (tertiary/aromatic N) is 3. The molecule has 2 saturated heterocycles. The smallest absolute Gasteiger partial charge is 0.137 e. The lowest BCUT2D eigenvalue weighted by Gasteiger charge is -2.44. The predicted octanol–water partition coefficient (Wildman–Crippen LogP) is 3.53. The zero-order valence-corrected chi connectivity index (χ0v) is 15.3. The summed E-state index contributed by atoms with van der Waals surface area (Å²) in [6.45, 7) is 12.9. The molecule has 2 aromatic rings. The monoisotopic (exact) mass is 326 g/mol. The zero-order valence-electron chi connectivity index (χ0n) is 15.3. The molecule has 2 aromatic heterocycles. The Kier molecular flexibility index (Phi) is 4.13. The lowest BCUT2D eigenvalue weighted by molar-refractivity contribution is 0.0456. The van der Waals surface area contributed by atoms with Crippen LogP contribution in [0.4, 0.5) is 0 Å². The van der Waals surface area contributed by atoms with E-state index in [-0.39, 0.29) is 5.41 Å². The Hall–Kier alpha value is -1.39. The summed E-state index contributed by atoms with van der Waals surface area (Å²) in [7, 11) is 0. The van der Waals surface area contributed by atoms with Gasteiger partial charge in [-0.1, -0.05) is 27.2 Å². The van der Waals surface area contributed by atoms with Crippen molar-refractivity contribution in [1.29, 1.82) is 0 Å². The molecule has 0 aromatic carbocycles. The summed E-state index contributed by atoms with van der Waals surface area (Å²) < 4.78 is 0. The van der Waals surface area contributed by atoms with Gasteiger partial charge in [0.1, 0.15) is 5.65 Å². The van der Waals surface area contributed by atoms with Crippen LogP contribution in [0.1, 0.15) is 51.3 Å². The molecule has 24 heavy (non-hydrogen) atoms. The van der Waals surface area contributed by atoms with E-state index in [9.17, 15) is 0 Å². The number of hydrogen-bond donors (Lipinski definition) is 1. The Morgan fingerprint density at radius 3 is 2.92 bits per heavy atom. The third-order valence-electron chi connectivity index (χ3n) is 5.73. The van der Waals surface area contributed by atoms with Gasteiger partial charge in [-0.3, -0.25) is 9.80 Å². The molecule has 4 heteroatoms. The van der Waals surface area contributed by atoms with Crippen molar-refractivity contribution in [3.8, 4) is 0 Å². The van der Waals surface area contributed by atoms with E-state index in [2.05, 4.69) is 52.7 Å². The molecule has 2 fully saturated rings. The van der Waals surface area contributed by atoms with Crippen molar-refractivity contribution in [2.24, 2.45) is 0 Å². The number of rotatable bonds is 2. The molecule has 0 aliphatic carbocycles. The first-order chi connectivity index (χ1) is 11.5. The lowest BCUT2D eigenvalue weighted by Crippen LogP contribution is -2.54. The second-order valence-corrected chi connectivity index (χ2v) is 8.55. The third kappa shape index (κ3) is 2.98. The first-order valence-corrected chi connectivity index (χ1v) is 9.45. The third-order valence-corrected chi connectivity index (χ3v) is 5.73. The average Bonchev–Trinajstić information content (AvgIpc) is 2.94. The molecule has 1 atom stereocenters. The normalized spacial score (nSPS) is 23.5. The molecule has 0 radical (unpaired) electrons. The summed E-state index contributed by atoms with van der Waals surface area (Å²) in [5, 5.41) is 1.30. The molecule has 1 N–H and O–H groups in total. The van der Waals surface area contributed by atoms with Gasteiger partial charge in [-0.2, -0.15) is 0 Å². The van der Waals surface area contributed by atoms with Crippen LogP contribution in [0.3, 0.4) is 0 Å². The second kappa shape index (κ2) is 6.16. The molecule has 4 rings (SSSR count). The first-order valence-electron chi connectivity index (χ1n) is 9.45. The van der Waals surface area contributed by atoms with Crippen LogP contribution in [0.25, 0.3) is 11.0 Å². The van der Waals surface area contributed by atoms with Crippen LogP contribution >= 0.6 is 0 Å². The van der Waals surface area contributed by atoms with Crippen LogP contribution in [0.15, 0.2) is 18.3 Å². The van der Waals surface area contributed by atoms with Gasteiger partial charge < -0.3 is 4.98 Å². The summed E-state index contributed by atoms with van der Waals surface area (Å²) in [5.74, 6) is 0. The fourth-order valence-electron chi connectivity index (χ4n) is 4.47. The first kappa shape index (κ1) is 16.1. The van der Waals surface area contributed by atoms with Crippen molar-refractivity contribution in [2.45, 2.75) is 58.0 Å². The standard InChI is InChI=1S/C20H30N4/c1-20(2,3)18-17(16-8-6-9-21-19(16)22-18)14-23-11-12-24-10-5-4-7-15(24)13-23/h6,8-9,15H,4-5,7,10-14H2,1-3H3,(H,21,22)/t15-/m1/s1. The number of aromatic amines is 1. The van der Waals surface area contributed by atoms with Crippen molar-refractivity contribution in [1.82, 2.24) is 19.8 Å². The molecule has 0 spiro atoms. The van der Waals surface area contributed by atoms with E-state index in [0.717, 1.165) is 18.2 Å². The van der Waals surface area contributed by atoms with E-state index in [1.807, 2.05) is 6.20 Å². The minimum absolute atomic E-state index is 0.114. The van der Waals surface area contributed by atoms with Crippen molar-refractivity contribution in [2.75, 3.05) is 26.2 Å². The second-order valence-electron chi connectivity index (χ2n) is 8.55. The van der Waals surface area contributed by atoms with Crippen LogP contribution in [0.5, 0.6) is 0 Å². The van der Waals surface area contributed by atoms with E-state index in [1.165, 1.54) is 62.1 Å². The van der Waals surface area contributed by atoms with E-state index in [0.29, 0.717) is 0 Å². The van der Waals surface area contributed by atoms with Crippen LogP contribution in [-0.4, -0.2) is 52.0 Å². The summed E-state index contributed by atoms with van der Waals surface area (Å²) in [5.41, 5.74) is 3.95. The zero-order chi connectivity index (χ0) is 16.7. The van der Waals surface area contributed by atoms with Gasteiger partial charge in [0.05, 0.1) is 0 Å². The van der Waals surface area contributed by atoms with Crippen molar-refractivity contribution in [3.05, 3.63) is 29.6 Å². The number of pyridine rings is 1. The Labute approximate surface area is 145 Å². The largest absolute Gasteiger partial charge is 0.342 e. The average molecular weight is 326 g/mol. The van der Waals surface area contributed by atoms with Gasteiger partial charge in [-0.25, -0.2) is 4.98 Å². The Morgan fingerprint density at radius 1 is 1.21 bits per heavy atom. The van der Waals surface area contributed by atoms with Crippen LogP contribution < -0.4 is 0 Å². The molecular formula is C20H30N4. The molecule has 0 bridgehead atoms. The van der Waals surface area contributed by atoms with Crippen molar-refractivity contribution in [3.63, 3.8) is 0 Å². The Balaban J connectivity index is 1.62. The predicted molar refractivity (Wildman–Crippen MR) is 99.3 cm³/mol. The van der Waals surface area contributed by atoms with Gasteiger partial charge >= 0.3 is 0 Å². The fraction of sp³-hybridized carbons (Fsp3) is 0.650. The summed E-state index contributed by atoms with van der Waals surface area (Å²) in [4.78, 5) is 13.5. The highest BCUT2D eigenvalue weighted by Gasteiger charge is 2.30. The molecule has 0 amide bonds. The maximum Gasteiger partial charge on any atom is 0.137 e. The van der Waals surface area contributed by atoms with Crippen molar-refractivity contribution < 1.29 is 0 Å². The molecule has 0 saturated carbocycles. The SMILES string of the molecule is CC(C)(C)c1[nH]c2ncccc2c1CN1CCN2CCCC[C@@H]2C1. The van der Waals surface area contributed by atoms with Gasteiger partial charge in [0, 0.05) is 54.9 Å². The van der Waals surface area contributed by atoms with Gasteiger partial charge in [0.15, 0.2) is 0 Å². The molecule has 2 aliphatic rings. The molecule has 2 aliphatic heterocycles. The molecule has 4 heterocycles. The molecule has 4 nitrogen and oxygen atoms in total. The summed E-state index contributed by atoms with van der Waals surface area (Å²) in [6, 6.07) is 5.06. The van der Waals surface area contributed by atoms with E-state index in [4.69, 9.17) is 0 Å². The minimum atomic E-state index is 0.114. The van der Waals surface area contributed by atoms with E-state index < -0.39 is 0 Å². The van der Waals surface area contributed by atoms with Gasteiger partial charge in [-0.15, -0.1) is 0 Å². The van der Waals surface area contributed by atoms with E-state index in [1.54, 1.807) is 0 Å². The highest BCUT2D eigenvalue weighted by molar-refractivity contribution is 5.81. The number of aromatic nitrogens is 2. The van der Waals surface area contributed by atoms with Crippen LogP contribution in [0.2, 0.25) is 0 Å². The highest BCUT2D eigenvalue weighted by atomic mass is 15.3. The van der Waals surface area contributed by atoms with Gasteiger partial charge in [0.2, 0.25) is 0 Å². The number of piperidine rings is 1. The number of piperazine rings is 1. The molecule has 130 valence electrons. The minimum Gasteiger partial charge on any atom is -0.342 e. The van der Waals surface area contributed by atoms with Crippen LogP contribution in [0, 0.1) is 0 Å². The molecular weight excluding hydrogens is 296 g/mol. The van der Waals surface area contributed by atoms with Crippen LogP contribution in [-0.2, 0) is 12.0 Å². The highest BCUT2D eigenvalue weighted by Crippen LogP contribution is 2.32. The summed E-state index contributed by atoms with van der Waals surface area (Å²) >= 11 is 0. The number of H-pyrrole nitrogens is 1. The quantitative estimate of drug-likeness (QED) is 0.917. The fourth-order valence-corrected chi connectivity index (χ4v) is 4.47. The lowest BCUT2D eigenvalue weighted by atomic mass is 9.88. The summed E-state index contributed by atoms with van der Waals surface area (Å²) in [6.07, 6.45) is 6.05. The topological polar surface area (TPSA) is 35.2 Å². The number of nitrogens with one attached hydrogen (secondary N) is 1.